The second-order valence-electron chi connectivity index (χ2n) is 6.21. The Kier molecular flexibility index (Phi) is 4.65. The summed E-state index contributed by atoms with van der Waals surface area (Å²) in [4.78, 5) is 3.96. The Morgan fingerprint density at radius 2 is 2.04 bits per heavy atom. The second-order valence-corrected chi connectivity index (χ2v) is 6.21. The third kappa shape index (κ3) is 3.83. The Morgan fingerprint density at radius 3 is 2.88 bits per heavy atom. The van der Waals surface area contributed by atoms with Gasteiger partial charge in [0.1, 0.15) is 0 Å². The van der Waals surface area contributed by atoms with E-state index in [2.05, 4.69) is 30.6 Å². The quantitative estimate of drug-likeness (QED) is 0.767. The molecule has 1 aromatic carbocycles. The number of hydrogen-bond donors (Lipinski definition) is 1. The van der Waals surface area contributed by atoms with Crippen LogP contribution in [0.15, 0.2) is 54.9 Å². The minimum atomic E-state index is 0.414. The summed E-state index contributed by atoms with van der Waals surface area (Å²) in [6.45, 7) is 2.68. The molecule has 0 saturated carbocycles. The molecule has 7 heteroatoms. The van der Waals surface area contributed by atoms with E-state index in [1.54, 1.807) is 11.0 Å². The zero-order chi connectivity index (χ0) is 16.9. The predicted octanol–water partition coefficient (Wildman–Crippen LogP) is 1.82. The molecule has 7 nitrogen and oxygen atoms in total. The summed E-state index contributed by atoms with van der Waals surface area (Å²) in [6, 6.07) is 14.3. The number of rotatable bonds is 5. The lowest BCUT2D eigenvalue weighted by Gasteiger charge is -2.33. The number of para-hydroxylation sites is 1. The fraction of sp³-hybridized carbons (Fsp3) is 0.333. The van der Waals surface area contributed by atoms with E-state index in [0.717, 1.165) is 43.1 Å². The first-order chi connectivity index (χ1) is 12.4. The molecule has 1 unspecified atom stereocenters. The average Bonchev–Trinajstić information content (AvgIpc) is 3.17. The average molecular weight is 335 g/mol. The molecular formula is C18H21N7. The molecule has 1 N–H and O–H groups in total. The molecule has 1 aliphatic heterocycles. The van der Waals surface area contributed by atoms with E-state index >= 15 is 0 Å². The van der Waals surface area contributed by atoms with E-state index < -0.39 is 0 Å². The maximum Gasteiger partial charge on any atom is 0.151 e. The monoisotopic (exact) mass is 335 g/mol. The number of nitrogens with zero attached hydrogens (tertiary/aromatic N) is 6. The van der Waals surface area contributed by atoms with Crippen molar-refractivity contribution in [3.63, 3.8) is 0 Å². The summed E-state index contributed by atoms with van der Waals surface area (Å²) in [6.07, 6.45) is 5.83. The van der Waals surface area contributed by atoms with Crippen molar-refractivity contribution in [1.82, 2.24) is 30.5 Å². The van der Waals surface area contributed by atoms with Crippen LogP contribution in [0, 0.1) is 0 Å². The van der Waals surface area contributed by atoms with E-state index in [9.17, 15) is 0 Å². The first kappa shape index (κ1) is 15.7. The summed E-state index contributed by atoms with van der Waals surface area (Å²) in [7, 11) is 0. The molecule has 4 rings (SSSR count). The fourth-order valence-corrected chi connectivity index (χ4v) is 3.12. The molecule has 25 heavy (non-hydrogen) atoms. The van der Waals surface area contributed by atoms with Gasteiger partial charge in [0.05, 0.1) is 17.6 Å². The van der Waals surface area contributed by atoms with Gasteiger partial charge in [0.2, 0.25) is 0 Å². The number of benzene rings is 1. The van der Waals surface area contributed by atoms with E-state index in [0.29, 0.717) is 12.6 Å². The molecule has 0 aliphatic carbocycles. The fourth-order valence-electron chi connectivity index (χ4n) is 3.12. The Balaban J connectivity index is 1.35. The van der Waals surface area contributed by atoms with Gasteiger partial charge in [-0.1, -0.05) is 18.2 Å². The Hall–Kier alpha value is -2.80. The normalized spacial score (nSPS) is 17.6. The summed E-state index contributed by atoms with van der Waals surface area (Å²) in [5.74, 6) is 0.948. The number of hydrogen-bond acceptors (Lipinski definition) is 6. The maximum absolute atomic E-state index is 4.55. The molecule has 1 fully saturated rings. The first-order valence-corrected chi connectivity index (χ1v) is 8.61. The molecule has 1 atom stereocenters. The predicted molar refractivity (Wildman–Crippen MR) is 95.5 cm³/mol. The third-order valence-corrected chi connectivity index (χ3v) is 4.40. The van der Waals surface area contributed by atoms with E-state index in [4.69, 9.17) is 0 Å². The van der Waals surface area contributed by atoms with Crippen LogP contribution >= 0.6 is 0 Å². The van der Waals surface area contributed by atoms with Crippen molar-refractivity contribution in [1.29, 1.82) is 0 Å². The summed E-state index contributed by atoms with van der Waals surface area (Å²) in [5, 5.41) is 20.7. The molecule has 1 aliphatic rings. The lowest BCUT2D eigenvalue weighted by molar-refractivity contribution is 0.417. The standard InChI is InChI=1S/C18H21N7/c1-2-7-17(8-3-1)25-21-13-16(23-25)12-19-15-6-5-11-24(14-15)18-9-4-10-20-22-18/h1-4,7-10,13,15,19H,5-6,11-12,14H2. The minimum Gasteiger partial charge on any atom is -0.354 e. The molecule has 0 bridgehead atoms. The molecule has 1 saturated heterocycles. The van der Waals surface area contributed by atoms with Crippen molar-refractivity contribution in [2.45, 2.75) is 25.4 Å². The van der Waals surface area contributed by atoms with Crippen molar-refractivity contribution in [3.05, 3.63) is 60.6 Å². The zero-order valence-corrected chi connectivity index (χ0v) is 14.0. The highest BCUT2D eigenvalue weighted by Gasteiger charge is 2.20. The van der Waals surface area contributed by atoms with Gasteiger partial charge in [-0.15, -0.1) is 5.10 Å². The zero-order valence-electron chi connectivity index (χ0n) is 14.0. The minimum absolute atomic E-state index is 0.414. The van der Waals surface area contributed by atoms with Gasteiger partial charge >= 0.3 is 0 Å². The van der Waals surface area contributed by atoms with Crippen LogP contribution in [0.5, 0.6) is 0 Å². The Bertz CT molecular complexity index is 787. The van der Waals surface area contributed by atoms with Crippen LogP contribution in [0.3, 0.4) is 0 Å². The van der Waals surface area contributed by atoms with Gasteiger partial charge in [0.25, 0.3) is 0 Å². The summed E-state index contributed by atoms with van der Waals surface area (Å²) in [5.41, 5.74) is 1.92. The summed E-state index contributed by atoms with van der Waals surface area (Å²) < 4.78 is 0. The van der Waals surface area contributed by atoms with Gasteiger partial charge in [-0.05, 0) is 37.1 Å². The van der Waals surface area contributed by atoms with Crippen LogP contribution in [0.25, 0.3) is 5.69 Å². The van der Waals surface area contributed by atoms with Crippen molar-refractivity contribution >= 4 is 5.82 Å². The molecular weight excluding hydrogens is 314 g/mol. The Labute approximate surface area is 146 Å². The number of piperidine rings is 1. The van der Waals surface area contributed by atoms with Gasteiger partial charge in [0.15, 0.2) is 5.82 Å². The largest absolute Gasteiger partial charge is 0.354 e. The first-order valence-electron chi connectivity index (χ1n) is 8.61. The van der Waals surface area contributed by atoms with Crippen LogP contribution in [0.1, 0.15) is 18.5 Å². The topological polar surface area (TPSA) is 71.8 Å². The number of anilines is 1. The highest BCUT2D eigenvalue weighted by Crippen LogP contribution is 2.17. The SMILES string of the molecule is c1ccc(-n2ncc(CNC3CCCN(c4cccnn4)C3)n2)cc1. The van der Waals surface area contributed by atoms with Crippen molar-refractivity contribution in [3.8, 4) is 5.69 Å². The molecule has 3 aromatic rings. The number of aromatic nitrogens is 5. The molecule has 0 spiro atoms. The summed E-state index contributed by atoms with van der Waals surface area (Å²) >= 11 is 0. The van der Waals surface area contributed by atoms with Crippen LogP contribution in [0.4, 0.5) is 5.82 Å². The van der Waals surface area contributed by atoms with Crippen LogP contribution in [-0.4, -0.2) is 44.3 Å². The van der Waals surface area contributed by atoms with Crippen molar-refractivity contribution in [2.75, 3.05) is 18.0 Å². The molecule has 3 heterocycles. The van der Waals surface area contributed by atoms with Gasteiger partial charge in [0, 0.05) is 31.9 Å². The van der Waals surface area contributed by atoms with Gasteiger partial charge in [-0.2, -0.15) is 20.1 Å². The van der Waals surface area contributed by atoms with Gasteiger partial charge < -0.3 is 10.2 Å². The van der Waals surface area contributed by atoms with Gasteiger partial charge in [-0.25, -0.2) is 0 Å². The van der Waals surface area contributed by atoms with Crippen LogP contribution < -0.4 is 10.2 Å². The van der Waals surface area contributed by atoms with E-state index in [1.807, 2.05) is 48.7 Å². The van der Waals surface area contributed by atoms with E-state index in [1.165, 1.54) is 0 Å². The second kappa shape index (κ2) is 7.40. The van der Waals surface area contributed by atoms with Crippen LogP contribution in [0.2, 0.25) is 0 Å². The Morgan fingerprint density at radius 1 is 1.12 bits per heavy atom. The maximum atomic E-state index is 4.55. The van der Waals surface area contributed by atoms with Crippen molar-refractivity contribution < 1.29 is 0 Å². The lowest BCUT2D eigenvalue weighted by atomic mass is 10.1. The third-order valence-electron chi connectivity index (χ3n) is 4.40. The molecule has 2 aromatic heterocycles. The van der Waals surface area contributed by atoms with Gasteiger partial charge in [-0.3, -0.25) is 0 Å². The lowest BCUT2D eigenvalue weighted by Crippen LogP contribution is -2.45. The number of nitrogens with one attached hydrogen (secondary N) is 1. The highest BCUT2D eigenvalue weighted by molar-refractivity contribution is 5.37. The van der Waals surface area contributed by atoms with Crippen LogP contribution in [-0.2, 0) is 6.54 Å². The molecule has 0 amide bonds. The highest BCUT2D eigenvalue weighted by atomic mass is 15.5. The van der Waals surface area contributed by atoms with Crippen molar-refractivity contribution in [2.24, 2.45) is 0 Å². The molecule has 128 valence electrons. The smallest absolute Gasteiger partial charge is 0.151 e. The van der Waals surface area contributed by atoms with E-state index in [-0.39, 0.29) is 0 Å². The molecule has 0 radical (unpaired) electrons.